The van der Waals surface area contributed by atoms with Crippen molar-refractivity contribution in [3.8, 4) is 17.1 Å². The normalized spacial score (nSPS) is 10.5. The first kappa shape index (κ1) is 19.6. The van der Waals surface area contributed by atoms with Crippen molar-refractivity contribution >= 4 is 29.0 Å². The second kappa shape index (κ2) is 8.66. The lowest BCUT2D eigenvalue weighted by Crippen LogP contribution is -2.16. The standard InChI is InChI=1S/C19H22N6O2S/c1-24(2)14-10-8-13(9-11-14)21-17(26)12-28-19-23-22-18(25(19)20)15-6-4-5-7-16(15)27-3/h4-11H,12,20H2,1-3H3,(H,21,26). The van der Waals surface area contributed by atoms with E-state index in [0.29, 0.717) is 16.7 Å². The average molecular weight is 398 g/mol. The summed E-state index contributed by atoms with van der Waals surface area (Å²) in [5, 5.41) is 11.5. The number of nitrogens with zero attached hydrogens (tertiary/aromatic N) is 4. The van der Waals surface area contributed by atoms with Gasteiger partial charge in [0.15, 0.2) is 5.82 Å². The number of carbonyl (C=O) groups is 1. The fraction of sp³-hybridized carbons (Fsp3) is 0.211. The highest BCUT2D eigenvalue weighted by Gasteiger charge is 2.16. The number of nitrogens with two attached hydrogens (primary N) is 1. The van der Waals surface area contributed by atoms with Crippen molar-refractivity contribution in [2.45, 2.75) is 5.16 Å². The second-order valence-electron chi connectivity index (χ2n) is 6.15. The van der Waals surface area contributed by atoms with E-state index >= 15 is 0 Å². The summed E-state index contributed by atoms with van der Waals surface area (Å²) < 4.78 is 6.70. The molecule has 9 heteroatoms. The number of methoxy groups -OCH3 is 1. The highest BCUT2D eigenvalue weighted by atomic mass is 32.2. The van der Waals surface area contributed by atoms with E-state index in [0.717, 1.165) is 16.9 Å². The van der Waals surface area contributed by atoms with E-state index in [4.69, 9.17) is 10.6 Å². The van der Waals surface area contributed by atoms with Crippen LogP contribution in [-0.2, 0) is 4.79 Å². The highest BCUT2D eigenvalue weighted by Crippen LogP contribution is 2.29. The van der Waals surface area contributed by atoms with Crippen molar-refractivity contribution in [1.29, 1.82) is 0 Å². The SMILES string of the molecule is COc1ccccc1-c1nnc(SCC(=O)Nc2ccc(N(C)C)cc2)n1N. The third-order valence-electron chi connectivity index (χ3n) is 4.01. The first-order valence-corrected chi connectivity index (χ1v) is 9.52. The van der Waals surface area contributed by atoms with Gasteiger partial charge in [0.05, 0.1) is 18.4 Å². The molecule has 0 spiro atoms. The minimum Gasteiger partial charge on any atom is -0.496 e. The molecule has 0 atom stereocenters. The number of aromatic nitrogens is 3. The third-order valence-corrected chi connectivity index (χ3v) is 4.96. The van der Waals surface area contributed by atoms with Crippen LogP contribution < -0.4 is 20.8 Å². The van der Waals surface area contributed by atoms with Crippen LogP contribution in [0.5, 0.6) is 5.75 Å². The summed E-state index contributed by atoms with van der Waals surface area (Å²) in [5.41, 5.74) is 2.53. The van der Waals surface area contributed by atoms with Crippen LogP contribution >= 0.6 is 11.8 Å². The van der Waals surface area contributed by atoms with Crippen LogP contribution in [0, 0.1) is 0 Å². The molecule has 3 N–H and O–H groups in total. The summed E-state index contributed by atoms with van der Waals surface area (Å²) >= 11 is 1.21. The van der Waals surface area contributed by atoms with Crippen molar-refractivity contribution in [2.24, 2.45) is 0 Å². The molecule has 3 aromatic rings. The molecule has 1 amide bonds. The Kier molecular flexibility index (Phi) is 6.05. The molecule has 28 heavy (non-hydrogen) atoms. The molecule has 8 nitrogen and oxygen atoms in total. The fourth-order valence-electron chi connectivity index (χ4n) is 2.56. The van der Waals surface area contributed by atoms with Gasteiger partial charge in [0.25, 0.3) is 0 Å². The molecular weight excluding hydrogens is 376 g/mol. The monoisotopic (exact) mass is 398 g/mol. The number of para-hydroxylation sites is 1. The van der Waals surface area contributed by atoms with Crippen LogP contribution in [0.15, 0.2) is 53.7 Å². The van der Waals surface area contributed by atoms with Gasteiger partial charge < -0.3 is 20.8 Å². The van der Waals surface area contributed by atoms with Crippen molar-refractivity contribution < 1.29 is 9.53 Å². The first-order chi connectivity index (χ1) is 13.5. The molecule has 0 bridgehead atoms. The molecule has 0 saturated carbocycles. The number of hydrogen-bond donors (Lipinski definition) is 2. The van der Waals surface area contributed by atoms with E-state index in [1.165, 1.54) is 16.4 Å². The zero-order chi connectivity index (χ0) is 20.1. The van der Waals surface area contributed by atoms with Gasteiger partial charge in [-0.1, -0.05) is 23.9 Å². The Hall–Kier alpha value is -3.20. The van der Waals surface area contributed by atoms with Crippen molar-refractivity contribution in [2.75, 3.05) is 43.0 Å². The van der Waals surface area contributed by atoms with Crippen molar-refractivity contribution in [3.63, 3.8) is 0 Å². The van der Waals surface area contributed by atoms with Gasteiger partial charge in [-0.2, -0.15) is 0 Å². The van der Waals surface area contributed by atoms with Gasteiger partial charge in [0.1, 0.15) is 5.75 Å². The maximum Gasteiger partial charge on any atom is 0.234 e. The van der Waals surface area contributed by atoms with Gasteiger partial charge in [-0.25, -0.2) is 4.68 Å². The number of rotatable bonds is 7. The van der Waals surface area contributed by atoms with Gasteiger partial charge in [-0.15, -0.1) is 10.2 Å². The summed E-state index contributed by atoms with van der Waals surface area (Å²) in [5.74, 6) is 7.26. The first-order valence-electron chi connectivity index (χ1n) is 8.53. The van der Waals surface area contributed by atoms with E-state index in [9.17, 15) is 4.79 Å². The number of nitrogen functional groups attached to an aromatic ring is 1. The number of thioether (sulfide) groups is 1. The molecule has 1 heterocycles. The molecule has 0 unspecified atom stereocenters. The number of carbonyl (C=O) groups excluding carboxylic acids is 1. The third kappa shape index (κ3) is 4.37. The van der Waals surface area contributed by atoms with E-state index < -0.39 is 0 Å². The molecule has 0 aliphatic heterocycles. The van der Waals surface area contributed by atoms with Crippen molar-refractivity contribution in [1.82, 2.24) is 14.9 Å². The minimum atomic E-state index is -0.149. The summed E-state index contributed by atoms with van der Waals surface area (Å²) in [4.78, 5) is 14.2. The molecule has 3 rings (SSSR count). The van der Waals surface area contributed by atoms with Crippen LogP contribution in [0.4, 0.5) is 11.4 Å². The zero-order valence-electron chi connectivity index (χ0n) is 15.9. The van der Waals surface area contributed by atoms with Crippen LogP contribution in [-0.4, -0.2) is 47.7 Å². The minimum absolute atomic E-state index is 0.149. The lowest BCUT2D eigenvalue weighted by molar-refractivity contribution is -0.113. The molecule has 2 aromatic carbocycles. The Morgan fingerprint density at radius 2 is 1.89 bits per heavy atom. The van der Waals surface area contributed by atoms with Crippen LogP contribution in [0.2, 0.25) is 0 Å². The summed E-state index contributed by atoms with van der Waals surface area (Å²) in [7, 11) is 5.51. The van der Waals surface area contributed by atoms with Crippen molar-refractivity contribution in [3.05, 3.63) is 48.5 Å². The van der Waals surface area contributed by atoms with Crippen LogP contribution in [0.25, 0.3) is 11.4 Å². The molecule has 1 aromatic heterocycles. The van der Waals surface area contributed by atoms with Gasteiger partial charge in [-0.05, 0) is 36.4 Å². The Morgan fingerprint density at radius 3 is 2.57 bits per heavy atom. The molecule has 146 valence electrons. The summed E-state index contributed by atoms with van der Waals surface area (Å²) in [6.45, 7) is 0. The maximum absolute atomic E-state index is 12.2. The number of anilines is 2. The Labute approximate surface area is 167 Å². The number of amides is 1. The lowest BCUT2D eigenvalue weighted by atomic mass is 10.2. The predicted octanol–water partition coefficient (Wildman–Crippen LogP) is 2.46. The Bertz CT molecular complexity index is 955. The van der Waals surface area contributed by atoms with Gasteiger partial charge >= 0.3 is 0 Å². The molecule has 0 radical (unpaired) electrons. The largest absolute Gasteiger partial charge is 0.496 e. The van der Waals surface area contributed by atoms with E-state index in [-0.39, 0.29) is 11.7 Å². The number of benzene rings is 2. The van der Waals surface area contributed by atoms with Crippen LogP contribution in [0.1, 0.15) is 0 Å². The molecule has 0 aliphatic carbocycles. The van der Waals surface area contributed by atoms with Crippen LogP contribution in [0.3, 0.4) is 0 Å². The number of nitrogens with one attached hydrogen (secondary N) is 1. The quantitative estimate of drug-likeness (QED) is 0.466. The maximum atomic E-state index is 12.2. The molecule has 0 fully saturated rings. The second-order valence-corrected chi connectivity index (χ2v) is 7.10. The summed E-state index contributed by atoms with van der Waals surface area (Å²) in [6, 6.07) is 15.0. The predicted molar refractivity (Wildman–Crippen MR) is 112 cm³/mol. The Morgan fingerprint density at radius 1 is 1.18 bits per heavy atom. The van der Waals surface area contributed by atoms with Gasteiger partial charge in [-0.3, -0.25) is 4.79 Å². The van der Waals surface area contributed by atoms with Gasteiger partial charge in [0, 0.05) is 25.5 Å². The molecular formula is C19H22N6O2S. The number of hydrogen-bond acceptors (Lipinski definition) is 7. The topological polar surface area (TPSA) is 98.3 Å². The summed E-state index contributed by atoms with van der Waals surface area (Å²) in [6.07, 6.45) is 0. The highest BCUT2D eigenvalue weighted by molar-refractivity contribution is 7.99. The number of ether oxygens (including phenoxy) is 1. The zero-order valence-corrected chi connectivity index (χ0v) is 16.7. The molecule has 0 aliphatic rings. The lowest BCUT2D eigenvalue weighted by Gasteiger charge is -2.13. The van der Waals surface area contributed by atoms with E-state index in [1.807, 2.05) is 67.5 Å². The van der Waals surface area contributed by atoms with E-state index in [1.54, 1.807) is 7.11 Å². The fourth-order valence-corrected chi connectivity index (χ4v) is 3.22. The average Bonchev–Trinajstić information content (AvgIpc) is 3.07. The van der Waals surface area contributed by atoms with E-state index in [2.05, 4.69) is 15.5 Å². The smallest absolute Gasteiger partial charge is 0.234 e. The Balaban J connectivity index is 1.63. The molecule has 0 saturated heterocycles. The van der Waals surface area contributed by atoms with Gasteiger partial charge in [0.2, 0.25) is 11.1 Å².